The minimum Gasteiger partial charge on any atom is -0.456 e. The lowest BCUT2D eigenvalue weighted by Crippen LogP contribution is -2.08. The van der Waals surface area contributed by atoms with Gasteiger partial charge in [0.2, 0.25) is 11.9 Å². The maximum atomic E-state index is 6.30. The van der Waals surface area contributed by atoms with Crippen LogP contribution in [0.25, 0.3) is 145 Å². The van der Waals surface area contributed by atoms with Gasteiger partial charge in [-0.25, -0.2) is 15.0 Å². The molecule has 9 aromatic carbocycles. The van der Waals surface area contributed by atoms with E-state index in [4.69, 9.17) is 33.8 Å². The number of benzene rings is 9. The summed E-state index contributed by atoms with van der Waals surface area (Å²) in [7, 11) is 0. The van der Waals surface area contributed by atoms with Gasteiger partial charge < -0.3 is 8.83 Å². The Morgan fingerprint density at radius 3 is 1.16 bits per heavy atom. The van der Waals surface area contributed by atoms with Crippen molar-refractivity contribution in [2.75, 3.05) is 0 Å². The van der Waals surface area contributed by atoms with Crippen LogP contribution in [0.15, 0.2) is 221 Å². The summed E-state index contributed by atoms with van der Waals surface area (Å²) < 4.78 is 17.0. The van der Waals surface area contributed by atoms with E-state index in [0.29, 0.717) is 23.5 Å². The number of aromatic nitrogens is 7. The summed E-state index contributed by atoms with van der Waals surface area (Å²) in [6, 6.07) is 72.7. The topological polar surface area (TPSA) is 101 Å². The third-order valence-electron chi connectivity index (χ3n) is 13.6. The molecule has 9 heteroatoms. The molecule has 0 saturated carbocycles. The molecule has 0 bridgehead atoms. The lowest BCUT2D eigenvalue weighted by Gasteiger charge is -2.14. The van der Waals surface area contributed by atoms with Crippen molar-refractivity contribution in [3.63, 3.8) is 0 Å². The van der Waals surface area contributed by atoms with Crippen molar-refractivity contribution in [3.05, 3.63) is 212 Å². The fraction of sp³-hybridized carbons (Fsp3) is 0. The second-order valence-corrected chi connectivity index (χ2v) is 17.6. The Morgan fingerprint density at radius 2 is 0.671 bits per heavy atom. The van der Waals surface area contributed by atoms with Gasteiger partial charge in [-0.15, -0.1) is 0 Å². The Bertz CT molecular complexity index is 4420. The van der Waals surface area contributed by atoms with Crippen LogP contribution in [0.1, 0.15) is 0 Å². The lowest BCUT2D eigenvalue weighted by molar-refractivity contribution is 0.668. The molecule has 0 aliphatic rings. The molecular weight excluding hydrogens is 863 g/mol. The second-order valence-electron chi connectivity index (χ2n) is 17.6. The van der Waals surface area contributed by atoms with Crippen LogP contribution in [-0.2, 0) is 0 Å². The van der Waals surface area contributed by atoms with Crippen molar-refractivity contribution in [1.82, 2.24) is 34.1 Å². The summed E-state index contributed by atoms with van der Waals surface area (Å²) in [5, 5.41) is 8.35. The zero-order valence-electron chi connectivity index (χ0n) is 37.2. The van der Waals surface area contributed by atoms with Gasteiger partial charge in [0, 0.05) is 65.3 Å². The Labute approximate surface area is 398 Å². The van der Waals surface area contributed by atoms with Crippen LogP contribution in [0.3, 0.4) is 0 Å². The van der Waals surface area contributed by atoms with Crippen molar-refractivity contribution in [2.45, 2.75) is 0 Å². The summed E-state index contributed by atoms with van der Waals surface area (Å²) in [5.74, 6) is 2.17. The molecule has 0 radical (unpaired) electrons. The van der Waals surface area contributed by atoms with E-state index in [1.165, 1.54) is 0 Å². The summed E-state index contributed by atoms with van der Waals surface area (Å²) in [4.78, 5) is 26.8. The summed E-state index contributed by atoms with van der Waals surface area (Å²) in [6.45, 7) is 0. The van der Waals surface area contributed by atoms with Gasteiger partial charge in [0.1, 0.15) is 22.3 Å². The molecule has 0 amide bonds. The number of hydrogen-bond donors (Lipinski definition) is 0. The SMILES string of the molecule is c1ccc(-c2nc(-c3ccccc3)nc(-n3c4ccccc4c4ccc5c6ccccc6n(-c6nc(-c7ccc8oc9ccccc9c8c7)cc(-c7ccc8oc9ccccc9c8c7)n6)c5c43)n2)cc1. The van der Waals surface area contributed by atoms with Gasteiger partial charge in [0.25, 0.3) is 0 Å². The minimum atomic E-state index is 0.500. The first-order valence-corrected chi connectivity index (χ1v) is 23.2. The van der Waals surface area contributed by atoms with Crippen LogP contribution in [0, 0.1) is 0 Å². The number of rotatable bonds is 6. The molecule has 0 saturated heterocycles. The van der Waals surface area contributed by atoms with Crippen LogP contribution < -0.4 is 0 Å². The van der Waals surface area contributed by atoms with Crippen LogP contribution in [-0.4, -0.2) is 34.1 Å². The highest BCUT2D eigenvalue weighted by Gasteiger charge is 2.25. The van der Waals surface area contributed by atoms with E-state index in [9.17, 15) is 0 Å². The maximum Gasteiger partial charge on any atom is 0.238 e. The summed E-state index contributed by atoms with van der Waals surface area (Å²) in [6.07, 6.45) is 0. The molecule has 15 aromatic rings. The zero-order chi connectivity index (χ0) is 45.9. The molecule has 0 aliphatic carbocycles. The second kappa shape index (κ2) is 14.9. The van der Waals surface area contributed by atoms with Crippen molar-refractivity contribution in [3.8, 4) is 57.2 Å². The van der Waals surface area contributed by atoms with Crippen LogP contribution in [0.2, 0.25) is 0 Å². The fourth-order valence-electron chi connectivity index (χ4n) is 10.4. The van der Waals surface area contributed by atoms with E-state index in [1.54, 1.807) is 0 Å². The van der Waals surface area contributed by atoms with E-state index in [1.807, 2.05) is 109 Å². The van der Waals surface area contributed by atoms with E-state index >= 15 is 0 Å². The van der Waals surface area contributed by atoms with E-state index in [2.05, 4.69) is 112 Å². The lowest BCUT2D eigenvalue weighted by atomic mass is 10.0. The molecule has 0 atom stereocenters. The monoisotopic (exact) mass is 897 g/mol. The molecule has 0 spiro atoms. The smallest absolute Gasteiger partial charge is 0.238 e. The first-order valence-electron chi connectivity index (χ1n) is 23.2. The molecule has 6 heterocycles. The number of nitrogens with zero attached hydrogens (tertiary/aromatic N) is 7. The molecule has 326 valence electrons. The number of furan rings is 2. The predicted octanol–water partition coefficient (Wildman–Crippen LogP) is 15.3. The van der Waals surface area contributed by atoms with Crippen LogP contribution in [0.4, 0.5) is 0 Å². The van der Waals surface area contributed by atoms with Gasteiger partial charge in [-0.1, -0.05) is 146 Å². The molecule has 9 nitrogen and oxygen atoms in total. The normalized spacial score (nSPS) is 12.0. The summed E-state index contributed by atoms with van der Waals surface area (Å²) >= 11 is 0. The van der Waals surface area contributed by atoms with Gasteiger partial charge in [-0.05, 0) is 66.7 Å². The summed E-state index contributed by atoms with van der Waals surface area (Å²) in [5.41, 5.74) is 12.3. The highest BCUT2D eigenvalue weighted by molar-refractivity contribution is 6.23. The number of fused-ring (bicyclic) bond motifs is 13. The van der Waals surface area contributed by atoms with Crippen molar-refractivity contribution < 1.29 is 8.83 Å². The van der Waals surface area contributed by atoms with Gasteiger partial charge in [0.05, 0.1) is 33.5 Å². The van der Waals surface area contributed by atoms with Crippen LogP contribution >= 0.6 is 0 Å². The molecule has 6 aromatic heterocycles. The quantitative estimate of drug-likeness (QED) is 0.164. The number of para-hydroxylation sites is 4. The maximum absolute atomic E-state index is 6.30. The molecule has 70 heavy (non-hydrogen) atoms. The van der Waals surface area contributed by atoms with Gasteiger partial charge >= 0.3 is 0 Å². The van der Waals surface area contributed by atoms with Gasteiger partial charge in [-0.3, -0.25) is 9.13 Å². The highest BCUT2D eigenvalue weighted by Crippen LogP contribution is 2.43. The van der Waals surface area contributed by atoms with Crippen molar-refractivity contribution in [1.29, 1.82) is 0 Å². The van der Waals surface area contributed by atoms with Gasteiger partial charge in [0.15, 0.2) is 11.6 Å². The Morgan fingerprint density at radius 1 is 0.271 bits per heavy atom. The molecule has 0 aliphatic heterocycles. The van der Waals surface area contributed by atoms with Gasteiger partial charge in [-0.2, -0.15) is 9.97 Å². The van der Waals surface area contributed by atoms with Crippen LogP contribution in [0.5, 0.6) is 0 Å². The van der Waals surface area contributed by atoms with E-state index in [0.717, 1.165) is 121 Å². The third kappa shape index (κ3) is 5.82. The first-order chi connectivity index (χ1) is 34.7. The van der Waals surface area contributed by atoms with Crippen molar-refractivity contribution >= 4 is 87.5 Å². The number of hydrogen-bond acceptors (Lipinski definition) is 7. The molecule has 0 unspecified atom stereocenters. The highest BCUT2D eigenvalue weighted by atomic mass is 16.3. The fourth-order valence-corrected chi connectivity index (χ4v) is 10.4. The molecule has 0 N–H and O–H groups in total. The largest absolute Gasteiger partial charge is 0.456 e. The standard InChI is InChI=1S/C61H35N7O2/c1-3-15-36(16-4-1)58-64-59(37-17-5-2-6-18-37)66-61(65-58)68-51-24-12-8-20-41(51)45-30-29-44-40-19-7-11-23-50(40)67(56(44)57(45)68)60-62-48(38-27-31-54-46(33-38)42-21-9-13-25-52(42)69-54)35-49(63-60)39-28-32-55-47(34-39)43-22-10-14-26-53(43)70-55/h1-35H. The first kappa shape index (κ1) is 38.4. The molecule has 0 fully saturated rings. The average Bonchev–Trinajstić information content (AvgIpc) is 4.19. The minimum absolute atomic E-state index is 0.500. The zero-order valence-corrected chi connectivity index (χ0v) is 37.2. The van der Waals surface area contributed by atoms with Crippen molar-refractivity contribution in [2.24, 2.45) is 0 Å². The van der Waals surface area contributed by atoms with E-state index in [-0.39, 0.29) is 0 Å². The van der Waals surface area contributed by atoms with E-state index < -0.39 is 0 Å². The third-order valence-corrected chi connectivity index (χ3v) is 13.6. The Hall–Kier alpha value is -9.73. The predicted molar refractivity (Wildman–Crippen MR) is 280 cm³/mol. The Balaban J connectivity index is 1.06. The average molecular weight is 898 g/mol. The Kier molecular flexibility index (Phi) is 8.16. The molecule has 15 rings (SSSR count). The molecular formula is C61H35N7O2.